The van der Waals surface area contributed by atoms with Gasteiger partial charge in [0.1, 0.15) is 0 Å². The Balaban J connectivity index is 2.31. The molecule has 86 valence electrons. The molecule has 1 aromatic heterocycles. The van der Waals surface area contributed by atoms with E-state index in [1.54, 1.807) is 11.1 Å². The van der Waals surface area contributed by atoms with E-state index in [4.69, 9.17) is 11.5 Å². The Morgan fingerprint density at radius 3 is 3.00 bits per heavy atom. The lowest BCUT2D eigenvalue weighted by Crippen LogP contribution is -2.27. The zero-order chi connectivity index (χ0) is 11.7. The lowest BCUT2D eigenvalue weighted by atomic mass is 10.1. The number of carbonyl (C=O) groups is 1. The van der Waals surface area contributed by atoms with Gasteiger partial charge in [-0.2, -0.15) is 0 Å². The number of carbonyl (C=O) groups excluding carboxylic acids is 1. The molecule has 1 unspecified atom stereocenters. The van der Waals surface area contributed by atoms with Gasteiger partial charge in [0.2, 0.25) is 5.91 Å². The van der Waals surface area contributed by atoms with Crippen molar-refractivity contribution in [1.82, 2.24) is 4.98 Å². The van der Waals surface area contributed by atoms with E-state index in [-0.39, 0.29) is 11.8 Å². The fourth-order valence-corrected chi connectivity index (χ4v) is 1.91. The molecule has 0 aromatic carbocycles. The Labute approximate surface area is 94.4 Å². The second kappa shape index (κ2) is 4.09. The molecule has 1 aromatic rings. The van der Waals surface area contributed by atoms with E-state index in [1.165, 1.54) is 0 Å². The number of aromatic nitrogens is 1. The molecule has 0 aliphatic carbocycles. The standard InChI is InChI=1S/C11H16N4O/c1-7-2-3-14-11(10(7)13)15-6-8(5-12)4-9(15)16/h2-3,8H,4-6,12-13H2,1H3. The number of hydrogen-bond donors (Lipinski definition) is 2. The molecule has 0 bridgehead atoms. The average molecular weight is 220 g/mol. The molecule has 1 fully saturated rings. The second-order valence-electron chi connectivity index (χ2n) is 4.18. The van der Waals surface area contributed by atoms with Crippen molar-refractivity contribution in [3.63, 3.8) is 0 Å². The maximum atomic E-state index is 11.8. The molecule has 5 nitrogen and oxygen atoms in total. The van der Waals surface area contributed by atoms with Crippen LogP contribution in [0.4, 0.5) is 11.5 Å². The number of hydrogen-bond acceptors (Lipinski definition) is 4. The van der Waals surface area contributed by atoms with Crippen molar-refractivity contribution in [3.8, 4) is 0 Å². The third kappa shape index (κ3) is 1.74. The molecular formula is C11H16N4O. The summed E-state index contributed by atoms with van der Waals surface area (Å²) in [6, 6.07) is 1.83. The Morgan fingerprint density at radius 2 is 2.38 bits per heavy atom. The van der Waals surface area contributed by atoms with Crippen molar-refractivity contribution in [1.29, 1.82) is 0 Å². The van der Waals surface area contributed by atoms with Gasteiger partial charge in [-0.3, -0.25) is 9.69 Å². The van der Waals surface area contributed by atoms with Crippen LogP contribution in [0.1, 0.15) is 12.0 Å². The van der Waals surface area contributed by atoms with Gasteiger partial charge < -0.3 is 11.5 Å². The van der Waals surface area contributed by atoms with Crippen LogP contribution in [0.3, 0.4) is 0 Å². The zero-order valence-corrected chi connectivity index (χ0v) is 9.31. The van der Waals surface area contributed by atoms with Gasteiger partial charge in [-0.05, 0) is 31.0 Å². The van der Waals surface area contributed by atoms with Gasteiger partial charge in [0.15, 0.2) is 5.82 Å². The van der Waals surface area contributed by atoms with E-state index in [9.17, 15) is 4.79 Å². The number of amides is 1. The van der Waals surface area contributed by atoms with Crippen molar-refractivity contribution < 1.29 is 4.79 Å². The van der Waals surface area contributed by atoms with E-state index >= 15 is 0 Å². The summed E-state index contributed by atoms with van der Waals surface area (Å²) in [7, 11) is 0. The van der Waals surface area contributed by atoms with Crippen molar-refractivity contribution in [2.75, 3.05) is 23.7 Å². The fraction of sp³-hybridized carbons (Fsp3) is 0.455. The highest BCUT2D eigenvalue weighted by Crippen LogP contribution is 2.28. The van der Waals surface area contributed by atoms with Gasteiger partial charge in [-0.25, -0.2) is 4.98 Å². The summed E-state index contributed by atoms with van der Waals surface area (Å²) < 4.78 is 0. The van der Waals surface area contributed by atoms with Crippen LogP contribution < -0.4 is 16.4 Å². The minimum Gasteiger partial charge on any atom is -0.396 e. The van der Waals surface area contributed by atoms with Gasteiger partial charge in [0.05, 0.1) is 5.69 Å². The van der Waals surface area contributed by atoms with Crippen LogP contribution in [-0.2, 0) is 4.79 Å². The highest BCUT2D eigenvalue weighted by molar-refractivity contribution is 5.97. The van der Waals surface area contributed by atoms with Crippen molar-refractivity contribution in [3.05, 3.63) is 17.8 Å². The molecule has 0 saturated carbocycles. The monoisotopic (exact) mass is 220 g/mol. The smallest absolute Gasteiger partial charge is 0.228 e. The van der Waals surface area contributed by atoms with Gasteiger partial charge >= 0.3 is 0 Å². The maximum Gasteiger partial charge on any atom is 0.228 e. The Kier molecular flexibility index (Phi) is 2.78. The van der Waals surface area contributed by atoms with Crippen LogP contribution >= 0.6 is 0 Å². The number of anilines is 2. The molecule has 1 aliphatic heterocycles. The average Bonchev–Trinajstić information content (AvgIpc) is 2.64. The van der Waals surface area contributed by atoms with Crippen molar-refractivity contribution in [2.24, 2.45) is 11.7 Å². The Hall–Kier alpha value is -1.62. The highest BCUT2D eigenvalue weighted by atomic mass is 16.2. The van der Waals surface area contributed by atoms with E-state index in [2.05, 4.69) is 4.98 Å². The number of aryl methyl sites for hydroxylation is 1. The van der Waals surface area contributed by atoms with E-state index < -0.39 is 0 Å². The number of nitrogens with two attached hydrogens (primary N) is 2. The first-order valence-corrected chi connectivity index (χ1v) is 5.35. The van der Waals surface area contributed by atoms with Crippen LogP contribution in [0.25, 0.3) is 0 Å². The topological polar surface area (TPSA) is 85.2 Å². The Bertz CT molecular complexity index is 418. The summed E-state index contributed by atoms with van der Waals surface area (Å²) in [5, 5.41) is 0. The summed E-state index contributed by atoms with van der Waals surface area (Å²) >= 11 is 0. The third-order valence-electron chi connectivity index (χ3n) is 2.98. The molecule has 5 heteroatoms. The molecule has 1 atom stereocenters. The predicted molar refractivity (Wildman–Crippen MR) is 62.9 cm³/mol. The van der Waals surface area contributed by atoms with Gasteiger partial charge in [-0.15, -0.1) is 0 Å². The van der Waals surface area contributed by atoms with Crippen LogP contribution in [0.5, 0.6) is 0 Å². The predicted octanol–water partition coefficient (Wildman–Crippen LogP) is 0.284. The molecule has 16 heavy (non-hydrogen) atoms. The minimum atomic E-state index is 0.0558. The molecule has 0 radical (unpaired) electrons. The molecule has 2 heterocycles. The first-order chi connectivity index (χ1) is 7.63. The molecule has 1 saturated heterocycles. The summed E-state index contributed by atoms with van der Waals surface area (Å²) in [5.74, 6) is 0.843. The van der Waals surface area contributed by atoms with Crippen molar-refractivity contribution >= 4 is 17.4 Å². The number of nitrogens with zero attached hydrogens (tertiary/aromatic N) is 2. The van der Waals surface area contributed by atoms with Crippen LogP contribution in [0, 0.1) is 12.8 Å². The SMILES string of the molecule is Cc1ccnc(N2CC(CN)CC2=O)c1N. The van der Waals surface area contributed by atoms with Crippen LogP contribution in [-0.4, -0.2) is 24.0 Å². The molecule has 1 amide bonds. The second-order valence-corrected chi connectivity index (χ2v) is 4.18. The lowest BCUT2D eigenvalue weighted by molar-refractivity contribution is -0.117. The van der Waals surface area contributed by atoms with Gasteiger partial charge in [-0.1, -0.05) is 0 Å². The summed E-state index contributed by atoms with van der Waals surface area (Å²) in [5.41, 5.74) is 13.0. The largest absolute Gasteiger partial charge is 0.396 e. The minimum absolute atomic E-state index is 0.0558. The first-order valence-electron chi connectivity index (χ1n) is 5.35. The zero-order valence-electron chi connectivity index (χ0n) is 9.31. The summed E-state index contributed by atoms with van der Waals surface area (Å²) in [6.45, 7) is 3.05. The van der Waals surface area contributed by atoms with E-state index in [0.29, 0.717) is 31.0 Å². The summed E-state index contributed by atoms with van der Waals surface area (Å²) in [6.07, 6.45) is 2.16. The van der Waals surface area contributed by atoms with Crippen LogP contribution in [0.15, 0.2) is 12.3 Å². The number of pyridine rings is 1. The number of rotatable bonds is 2. The highest BCUT2D eigenvalue weighted by Gasteiger charge is 2.31. The first kappa shape index (κ1) is 10.9. The van der Waals surface area contributed by atoms with Gasteiger partial charge in [0.25, 0.3) is 0 Å². The van der Waals surface area contributed by atoms with E-state index in [1.807, 2.05) is 13.0 Å². The van der Waals surface area contributed by atoms with E-state index in [0.717, 1.165) is 5.56 Å². The summed E-state index contributed by atoms with van der Waals surface area (Å²) in [4.78, 5) is 17.6. The van der Waals surface area contributed by atoms with Gasteiger partial charge in [0, 0.05) is 19.2 Å². The Morgan fingerprint density at radius 1 is 1.62 bits per heavy atom. The normalized spacial score (nSPS) is 20.5. The van der Waals surface area contributed by atoms with Crippen LogP contribution in [0.2, 0.25) is 0 Å². The fourth-order valence-electron chi connectivity index (χ4n) is 1.91. The molecule has 2 rings (SSSR count). The van der Waals surface area contributed by atoms with Crippen molar-refractivity contribution in [2.45, 2.75) is 13.3 Å². The quantitative estimate of drug-likeness (QED) is 0.749. The molecule has 0 spiro atoms. The number of nitrogen functional groups attached to an aromatic ring is 1. The lowest BCUT2D eigenvalue weighted by Gasteiger charge is -2.18. The third-order valence-corrected chi connectivity index (χ3v) is 2.98. The maximum absolute atomic E-state index is 11.8. The molecular weight excluding hydrogens is 204 g/mol. The molecule has 4 N–H and O–H groups in total. The molecule has 1 aliphatic rings.